The van der Waals surface area contributed by atoms with Crippen LogP contribution in [0.3, 0.4) is 0 Å². The van der Waals surface area contributed by atoms with Crippen LogP contribution in [0.1, 0.15) is 56.4 Å². The molecular formula is C26H36N2O2S. The summed E-state index contributed by atoms with van der Waals surface area (Å²) in [7, 11) is 0. The first-order valence-electron chi connectivity index (χ1n) is 10.9. The molecule has 4 nitrogen and oxygen atoms in total. The highest BCUT2D eigenvalue weighted by atomic mass is 32.2. The van der Waals surface area contributed by atoms with E-state index >= 15 is 0 Å². The number of carbonyl (C=O) groups excluding carboxylic acids is 2. The van der Waals surface area contributed by atoms with Gasteiger partial charge in [-0.05, 0) is 52.2 Å². The van der Waals surface area contributed by atoms with E-state index in [0.29, 0.717) is 18.7 Å². The number of carbonyl (C=O) groups is 2. The minimum Gasteiger partial charge on any atom is -0.350 e. The molecule has 0 heterocycles. The standard InChI is InChI=1S/C26H36N2O2S/c1-7-23(25(30)27-26(4,5)6)28(16-21-12-8-19(2)9-13-21)24(29)18-31-17-22-14-10-20(3)11-15-22/h8-15,23H,7,16-18H2,1-6H3,(H,27,30)/t23-/m0/s1. The maximum atomic E-state index is 13.3. The molecule has 1 N–H and O–H groups in total. The van der Waals surface area contributed by atoms with Crippen molar-refractivity contribution >= 4 is 23.6 Å². The number of rotatable bonds is 9. The Morgan fingerprint density at radius 3 is 1.94 bits per heavy atom. The van der Waals surface area contributed by atoms with Gasteiger partial charge in [0.1, 0.15) is 6.04 Å². The molecule has 0 spiro atoms. The Hall–Kier alpha value is -2.27. The SMILES string of the molecule is CC[C@@H](C(=O)NC(C)(C)C)N(Cc1ccc(C)cc1)C(=O)CSCc1ccc(C)cc1. The largest absolute Gasteiger partial charge is 0.350 e. The molecular weight excluding hydrogens is 404 g/mol. The van der Waals surface area contributed by atoms with Gasteiger partial charge < -0.3 is 10.2 Å². The number of benzene rings is 2. The number of amides is 2. The zero-order valence-electron chi connectivity index (χ0n) is 19.7. The smallest absolute Gasteiger partial charge is 0.243 e. The van der Waals surface area contributed by atoms with Crippen LogP contribution in [0.25, 0.3) is 0 Å². The maximum absolute atomic E-state index is 13.3. The Morgan fingerprint density at radius 2 is 1.45 bits per heavy atom. The van der Waals surface area contributed by atoms with E-state index in [1.165, 1.54) is 16.7 Å². The van der Waals surface area contributed by atoms with Crippen molar-refractivity contribution in [1.29, 1.82) is 0 Å². The number of hydrogen-bond acceptors (Lipinski definition) is 3. The highest BCUT2D eigenvalue weighted by Crippen LogP contribution is 2.18. The third-order valence-corrected chi connectivity index (χ3v) is 5.96. The molecule has 2 aromatic rings. The first-order chi connectivity index (χ1) is 14.6. The van der Waals surface area contributed by atoms with E-state index in [1.807, 2.05) is 58.9 Å². The molecule has 2 amide bonds. The van der Waals surface area contributed by atoms with Crippen molar-refractivity contribution in [3.8, 4) is 0 Å². The van der Waals surface area contributed by atoms with Crippen molar-refractivity contribution in [3.63, 3.8) is 0 Å². The van der Waals surface area contributed by atoms with Crippen molar-refractivity contribution in [1.82, 2.24) is 10.2 Å². The second-order valence-electron chi connectivity index (χ2n) is 9.15. The average Bonchev–Trinajstić information content (AvgIpc) is 2.69. The summed E-state index contributed by atoms with van der Waals surface area (Å²) in [5.41, 5.74) is 4.29. The van der Waals surface area contributed by atoms with Crippen molar-refractivity contribution < 1.29 is 9.59 Å². The Bertz CT molecular complexity index is 854. The molecule has 0 aliphatic heterocycles. The van der Waals surface area contributed by atoms with Crippen LogP contribution in [0.15, 0.2) is 48.5 Å². The zero-order chi connectivity index (χ0) is 23.0. The van der Waals surface area contributed by atoms with Crippen molar-refractivity contribution in [2.75, 3.05) is 5.75 Å². The molecule has 2 aromatic carbocycles. The highest BCUT2D eigenvalue weighted by molar-refractivity contribution is 7.99. The molecule has 0 aliphatic carbocycles. The highest BCUT2D eigenvalue weighted by Gasteiger charge is 2.30. The van der Waals surface area contributed by atoms with E-state index in [2.05, 4.69) is 36.5 Å². The van der Waals surface area contributed by atoms with Crippen LogP contribution in [0.5, 0.6) is 0 Å². The number of aryl methyl sites for hydroxylation is 2. The summed E-state index contributed by atoms with van der Waals surface area (Å²) in [5.74, 6) is 1.02. The van der Waals surface area contributed by atoms with E-state index in [9.17, 15) is 9.59 Å². The topological polar surface area (TPSA) is 49.4 Å². The lowest BCUT2D eigenvalue weighted by Gasteiger charge is -2.33. The second kappa shape index (κ2) is 11.4. The van der Waals surface area contributed by atoms with Gasteiger partial charge in [0.05, 0.1) is 5.75 Å². The fourth-order valence-corrected chi connectivity index (χ4v) is 4.16. The van der Waals surface area contributed by atoms with E-state index < -0.39 is 6.04 Å². The zero-order valence-corrected chi connectivity index (χ0v) is 20.5. The van der Waals surface area contributed by atoms with E-state index in [-0.39, 0.29) is 17.4 Å². The van der Waals surface area contributed by atoms with Gasteiger partial charge in [-0.2, -0.15) is 0 Å². The van der Waals surface area contributed by atoms with Crippen LogP contribution < -0.4 is 5.32 Å². The van der Waals surface area contributed by atoms with Gasteiger partial charge in [-0.1, -0.05) is 66.6 Å². The van der Waals surface area contributed by atoms with Gasteiger partial charge in [-0.15, -0.1) is 11.8 Å². The maximum Gasteiger partial charge on any atom is 0.243 e. The Balaban J connectivity index is 2.14. The monoisotopic (exact) mass is 440 g/mol. The van der Waals surface area contributed by atoms with Crippen molar-refractivity contribution in [2.24, 2.45) is 0 Å². The summed E-state index contributed by atoms with van der Waals surface area (Å²) in [6, 6.07) is 16.0. The normalized spacial score (nSPS) is 12.3. The molecule has 0 fully saturated rings. The van der Waals surface area contributed by atoms with Gasteiger partial charge in [-0.25, -0.2) is 0 Å². The van der Waals surface area contributed by atoms with E-state index in [4.69, 9.17) is 0 Å². The Kier molecular flexibility index (Phi) is 9.17. The van der Waals surface area contributed by atoms with E-state index in [1.54, 1.807) is 16.7 Å². The van der Waals surface area contributed by atoms with Gasteiger partial charge in [0, 0.05) is 17.8 Å². The predicted octanol–water partition coefficient (Wildman–Crippen LogP) is 5.26. The van der Waals surface area contributed by atoms with Crippen molar-refractivity contribution in [2.45, 2.75) is 71.8 Å². The third-order valence-electron chi connectivity index (χ3n) is 4.97. The average molecular weight is 441 g/mol. The van der Waals surface area contributed by atoms with Gasteiger partial charge in [-0.3, -0.25) is 9.59 Å². The summed E-state index contributed by atoms with van der Waals surface area (Å²) >= 11 is 1.59. The molecule has 0 unspecified atom stereocenters. The van der Waals surface area contributed by atoms with Crippen molar-refractivity contribution in [3.05, 3.63) is 70.8 Å². The lowest BCUT2D eigenvalue weighted by Crippen LogP contribution is -2.53. The van der Waals surface area contributed by atoms with Gasteiger partial charge >= 0.3 is 0 Å². The molecule has 0 aliphatic rings. The summed E-state index contributed by atoms with van der Waals surface area (Å²) in [5, 5.41) is 3.05. The van der Waals surface area contributed by atoms with E-state index in [0.717, 1.165) is 11.3 Å². The van der Waals surface area contributed by atoms with Crippen LogP contribution >= 0.6 is 11.8 Å². The fourth-order valence-electron chi connectivity index (χ4n) is 3.29. The number of nitrogens with zero attached hydrogens (tertiary/aromatic N) is 1. The molecule has 0 radical (unpaired) electrons. The summed E-state index contributed by atoms with van der Waals surface area (Å²) < 4.78 is 0. The Labute approximate surface area is 191 Å². The minimum atomic E-state index is -0.493. The molecule has 2 rings (SSSR count). The molecule has 31 heavy (non-hydrogen) atoms. The lowest BCUT2D eigenvalue weighted by atomic mass is 10.1. The lowest BCUT2D eigenvalue weighted by molar-refractivity contribution is -0.140. The molecule has 5 heteroatoms. The quantitative estimate of drug-likeness (QED) is 0.579. The van der Waals surface area contributed by atoms with Gasteiger partial charge in [0.15, 0.2) is 0 Å². The third kappa shape index (κ3) is 8.41. The molecule has 0 saturated carbocycles. The van der Waals surface area contributed by atoms with Crippen LogP contribution in [0.2, 0.25) is 0 Å². The van der Waals surface area contributed by atoms with Crippen LogP contribution in [-0.2, 0) is 21.9 Å². The predicted molar refractivity (Wildman–Crippen MR) is 131 cm³/mol. The fraction of sp³-hybridized carbons (Fsp3) is 0.462. The second-order valence-corrected chi connectivity index (χ2v) is 10.1. The van der Waals surface area contributed by atoms with Crippen LogP contribution in [0, 0.1) is 13.8 Å². The first kappa shape index (κ1) is 25.0. The molecule has 168 valence electrons. The molecule has 0 aromatic heterocycles. The molecule has 0 saturated heterocycles. The summed E-state index contributed by atoms with van der Waals surface area (Å²) in [6.45, 7) is 12.4. The Morgan fingerprint density at radius 1 is 0.935 bits per heavy atom. The molecule has 0 bridgehead atoms. The minimum absolute atomic E-state index is 0.00593. The summed E-state index contributed by atoms with van der Waals surface area (Å²) in [4.78, 5) is 28.0. The van der Waals surface area contributed by atoms with Crippen LogP contribution in [0.4, 0.5) is 0 Å². The van der Waals surface area contributed by atoms with Crippen LogP contribution in [-0.4, -0.2) is 34.0 Å². The number of nitrogens with one attached hydrogen (secondary N) is 1. The number of hydrogen-bond donors (Lipinski definition) is 1. The first-order valence-corrected chi connectivity index (χ1v) is 12.0. The number of thioether (sulfide) groups is 1. The van der Waals surface area contributed by atoms with Gasteiger partial charge in [0.25, 0.3) is 0 Å². The summed E-state index contributed by atoms with van der Waals surface area (Å²) in [6.07, 6.45) is 0.572. The molecule has 1 atom stereocenters. The van der Waals surface area contributed by atoms with Gasteiger partial charge in [0.2, 0.25) is 11.8 Å².